The predicted octanol–water partition coefficient (Wildman–Crippen LogP) is 2.30. The Kier molecular flexibility index (Phi) is 3.64. The van der Waals surface area contributed by atoms with Crippen molar-refractivity contribution in [2.75, 3.05) is 5.75 Å². The van der Waals surface area contributed by atoms with Gasteiger partial charge in [0.15, 0.2) is 5.78 Å². The number of hydrogen-bond donors (Lipinski definition) is 0. The van der Waals surface area contributed by atoms with Gasteiger partial charge in [-0.1, -0.05) is 30.3 Å². The van der Waals surface area contributed by atoms with Gasteiger partial charge in [0.25, 0.3) is 0 Å². The van der Waals surface area contributed by atoms with E-state index >= 15 is 0 Å². The van der Waals surface area contributed by atoms with E-state index in [1.54, 1.807) is 25.3 Å². The van der Waals surface area contributed by atoms with Gasteiger partial charge < -0.3 is 4.90 Å². The quantitative estimate of drug-likeness (QED) is 0.769. The van der Waals surface area contributed by atoms with Crippen molar-refractivity contribution in [3.63, 3.8) is 0 Å². The Morgan fingerprint density at radius 1 is 1.35 bits per heavy atom. The first-order valence-corrected chi connectivity index (χ1v) is 6.43. The minimum absolute atomic E-state index is 0.0192. The van der Waals surface area contributed by atoms with Gasteiger partial charge >= 0.3 is 0 Å². The molecule has 1 heterocycles. The molecule has 0 fully saturated rings. The van der Waals surface area contributed by atoms with Crippen LogP contribution in [0.15, 0.2) is 41.9 Å². The van der Waals surface area contributed by atoms with Crippen LogP contribution in [-0.2, 0) is 4.79 Å². The number of nitrogens with zero attached hydrogens (tertiary/aromatic N) is 1. The number of carbonyl (C=O) groups excluding carboxylic acids is 2. The van der Waals surface area contributed by atoms with E-state index in [0.29, 0.717) is 11.3 Å². The third-order valence-electron chi connectivity index (χ3n) is 2.67. The van der Waals surface area contributed by atoms with E-state index in [1.165, 1.54) is 16.7 Å². The molecule has 0 aliphatic carbocycles. The lowest BCUT2D eigenvalue weighted by Gasteiger charge is -2.26. The van der Waals surface area contributed by atoms with Crippen LogP contribution in [0.2, 0.25) is 0 Å². The number of rotatable bonds is 3. The normalized spacial score (nSPS) is 17.0. The molecule has 88 valence electrons. The molecule has 1 unspecified atom stereocenters. The predicted molar refractivity (Wildman–Crippen MR) is 68.7 cm³/mol. The smallest absolute Gasteiger partial charge is 0.237 e. The van der Waals surface area contributed by atoms with E-state index in [1.807, 2.05) is 23.6 Å². The van der Waals surface area contributed by atoms with Gasteiger partial charge in [0.2, 0.25) is 5.91 Å². The molecule has 1 amide bonds. The maximum atomic E-state index is 12.2. The van der Waals surface area contributed by atoms with Crippen molar-refractivity contribution in [2.45, 2.75) is 13.0 Å². The van der Waals surface area contributed by atoms with Gasteiger partial charge in [-0.2, -0.15) is 0 Å². The van der Waals surface area contributed by atoms with Gasteiger partial charge in [0.05, 0.1) is 11.8 Å². The topological polar surface area (TPSA) is 37.4 Å². The Labute approximate surface area is 104 Å². The molecule has 2 rings (SSSR count). The van der Waals surface area contributed by atoms with Crippen molar-refractivity contribution in [1.29, 1.82) is 0 Å². The minimum Gasteiger partial charge on any atom is -0.307 e. The number of carbonyl (C=O) groups is 2. The van der Waals surface area contributed by atoms with Crippen LogP contribution in [0.5, 0.6) is 0 Å². The Morgan fingerprint density at radius 3 is 2.71 bits per heavy atom. The second kappa shape index (κ2) is 5.19. The van der Waals surface area contributed by atoms with Crippen LogP contribution in [0, 0.1) is 0 Å². The number of thioether (sulfide) groups is 1. The fraction of sp³-hybridized carbons (Fsp3) is 0.231. The molecule has 1 aromatic carbocycles. The van der Waals surface area contributed by atoms with E-state index in [0.717, 1.165) is 0 Å². The molecule has 0 N–H and O–H groups in total. The highest BCUT2D eigenvalue weighted by Crippen LogP contribution is 2.17. The van der Waals surface area contributed by atoms with E-state index in [2.05, 4.69) is 0 Å². The van der Waals surface area contributed by atoms with E-state index in [4.69, 9.17) is 0 Å². The molecule has 1 aliphatic heterocycles. The molecule has 0 saturated carbocycles. The number of ketones is 1. The maximum Gasteiger partial charge on any atom is 0.237 e. The molecular formula is C13H13NO2S. The summed E-state index contributed by atoms with van der Waals surface area (Å²) >= 11 is 1.45. The van der Waals surface area contributed by atoms with Crippen molar-refractivity contribution in [3.8, 4) is 0 Å². The highest BCUT2D eigenvalue weighted by molar-refractivity contribution is 8.02. The van der Waals surface area contributed by atoms with Crippen LogP contribution in [0.1, 0.15) is 17.3 Å². The summed E-state index contributed by atoms with van der Waals surface area (Å²) in [6.45, 7) is 1.76. The highest BCUT2D eigenvalue weighted by Gasteiger charge is 2.26. The first-order chi connectivity index (χ1) is 8.20. The first-order valence-electron chi connectivity index (χ1n) is 5.39. The molecule has 0 saturated heterocycles. The summed E-state index contributed by atoms with van der Waals surface area (Å²) in [6, 6.07) is 8.61. The molecule has 0 aromatic heterocycles. The molecule has 0 spiro atoms. The largest absolute Gasteiger partial charge is 0.307 e. The lowest BCUT2D eigenvalue weighted by atomic mass is 10.0. The molecule has 17 heavy (non-hydrogen) atoms. The molecule has 1 aliphatic rings. The molecule has 0 bridgehead atoms. The SMILES string of the molecule is CC(C(=O)c1ccccc1)N1C=CSCC1=O. The first kappa shape index (κ1) is 11.9. The van der Waals surface area contributed by atoms with E-state index in [-0.39, 0.29) is 11.7 Å². The Balaban J connectivity index is 2.17. The molecule has 4 heteroatoms. The maximum absolute atomic E-state index is 12.2. The van der Waals surface area contributed by atoms with Crippen molar-refractivity contribution >= 4 is 23.5 Å². The fourth-order valence-electron chi connectivity index (χ4n) is 1.70. The van der Waals surface area contributed by atoms with Crippen LogP contribution in [-0.4, -0.2) is 28.4 Å². The van der Waals surface area contributed by atoms with E-state index < -0.39 is 6.04 Å². The molecule has 3 nitrogen and oxygen atoms in total. The average Bonchev–Trinajstić information content (AvgIpc) is 2.39. The Hall–Kier alpha value is -1.55. The lowest BCUT2D eigenvalue weighted by molar-refractivity contribution is -0.126. The molecule has 1 atom stereocenters. The monoisotopic (exact) mass is 247 g/mol. The second-order valence-electron chi connectivity index (χ2n) is 3.80. The van der Waals surface area contributed by atoms with Gasteiger partial charge in [-0.25, -0.2) is 0 Å². The summed E-state index contributed by atoms with van der Waals surface area (Å²) < 4.78 is 0. The summed E-state index contributed by atoms with van der Waals surface area (Å²) in [4.78, 5) is 25.3. The van der Waals surface area contributed by atoms with Crippen LogP contribution < -0.4 is 0 Å². The van der Waals surface area contributed by atoms with Gasteiger partial charge in [-0.3, -0.25) is 9.59 Å². The van der Waals surface area contributed by atoms with Crippen molar-refractivity contribution in [2.24, 2.45) is 0 Å². The number of hydrogen-bond acceptors (Lipinski definition) is 3. The Morgan fingerprint density at radius 2 is 2.06 bits per heavy atom. The van der Waals surface area contributed by atoms with Crippen molar-refractivity contribution in [1.82, 2.24) is 4.90 Å². The summed E-state index contributed by atoms with van der Waals surface area (Å²) in [5.41, 5.74) is 0.638. The molecule has 1 aromatic rings. The van der Waals surface area contributed by atoms with Crippen LogP contribution >= 0.6 is 11.8 Å². The van der Waals surface area contributed by atoms with Gasteiger partial charge in [0, 0.05) is 11.8 Å². The standard InChI is InChI=1S/C13H13NO2S/c1-10(14-7-8-17-9-12(14)15)13(16)11-5-3-2-4-6-11/h2-8,10H,9H2,1H3. The average molecular weight is 247 g/mol. The van der Waals surface area contributed by atoms with Crippen LogP contribution in [0.25, 0.3) is 0 Å². The fourth-order valence-corrected chi connectivity index (χ4v) is 2.31. The zero-order valence-corrected chi connectivity index (χ0v) is 10.3. The summed E-state index contributed by atoms with van der Waals surface area (Å²) in [6.07, 6.45) is 1.68. The molecular weight excluding hydrogens is 234 g/mol. The highest BCUT2D eigenvalue weighted by atomic mass is 32.2. The van der Waals surface area contributed by atoms with Gasteiger partial charge in [-0.05, 0) is 12.3 Å². The summed E-state index contributed by atoms with van der Waals surface area (Å²) in [5.74, 6) is 0.355. The summed E-state index contributed by atoms with van der Waals surface area (Å²) in [7, 11) is 0. The van der Waals surface area contributed by atoms with Crippen molar-refractivity contribution in [3.05, 3.63) is 47.5 Å². The number of benzene rings is 1. The Bertz CT molecular complexity index is 456. The zero-order valence-electron chi connectivity index (χ0n) is 9.50. The second-order valence-corrected chi connectivity index (χ2v) is 4.70. The zero-order chi connectivity index (χ0) is 12.3. The summed E-state index contributed by atoms with van der Waals surface area (Å²) in [5, 5.41) is 1.84. The third-order valence-corrected chi connectivity index (χ3v) is 3.40. The number of amides is 1. The van der Waals surface area contributed by atoms with Crippen molar-refractivity contribution < 1.29 is 9.59 Å². The molecule has 0 radical (unpaired) electrons. The number of Topliss-reactive ketones (excluding diaryl/α,β-unsaturated/α-hetero) is 1. The third kappa shape index (κ3) is 2.58. The van der Waals surface area contributed by atoms with Gasteiger partial charge in [-0.15, -0.1) is 11.8 Å². The van der Waals surface area contributed by atoms with Gasteiger partial charge in [0.1, 0.15) is 0 Å². The minimum atomic E-state index is -0.443. The van der Waals surface area contributed by atoms with Crippen LogP contribution in [0.3, 0.4) is 0 Å². The van der Waals surface area contributed by atoms with Crippen LogP contribution in [0.4, 0.5) is 0 Å². The van der Waals surface area contributed by atoms with E-state index in [9.17, 15) is 9.59 Å². The lowest BCUT2D eigenvalue weighted by Crippen LogP contribution is -2.41.